The predicted molar refractivity (Wildman–Crippen MR) is 78.5 cm³/mol. The van der Waals surface area contributed by atoms with Gasteiger partial charge in [-0.2, -0.15) is 0 Å². The molecule has 0 atom stereocenters. The van der Waals surface area contributed by atoms with Gasteiger partial charge in [-0.3, -0.25) is 0 Å². The van der Waals surface area contributed by atoms with Gasteiger partial charge in [0.25, 0.3) is 0 Å². The summed E-state index contributed by atoms with van der Waals surface area (Å²) in [4.78, 5) is 0. The molecule has 0 bridgehead atoms. The van der Waals surface area contributed by atoms with Crippen molar-refractivity contribution in [3.8, 4) is 11.1 Å². The Balaban J connectivity index is 0.000000514. The fraction of sp³-hybridized carbons (Fsp3) is 0.250. The van der Waals surface area contributed by atoms with Crippen LogP contribution in [0, 0.1) is 6.92 Å². The second-order valence-corrected chi connectivity index (χ2v) is 5.05. The zero-order chi connectivity index (χ0) is 12.4. The first kappa shape index (κ1) is 12.4. The van der Waals surface area contributed by atoms with E-state index in [0.717, 1.165) is 6.42 Å². The van der Waals surface area contributed by atoms with Crippen LogP contribution in [-0.2, 0) is 6.42 Å². The van der Waals surface area contributed by atoms with Crippen molar-refractivity contribution >= 4 is 15.9 Å². The van der Waals surface area contributed by atoms with Crippen molar-refractivity contribution in [3.63, 3.8) is 0 Å². The SMILES string of the molecule is CC.Cc1ccc2c(c1)Cc1cc(Br)ccc1-2. The highest BCUT2D eigenvalue weighted by Crippen LogP contribution is 2.37. The second kappa shape index (κ2) is 5.05. The molecule has 0 spiro atoms. The molecule has 17 heavy (non-hydrogen) atoms. The standard InChI is InChI=1S/C14H11Br.C2H6/c1-9-2-4-13-10(6-9)7-11-8-12(15)3-5-14(11)13;1-2/h2-6,8H,7H2,1H3;1-2H3. The van der Waals surface area contributed by atoms with E-state index in [1.807, 2.05) is 13.8 Å². The lowest BCUT2D eigenvalue weighted by Crippen LogP contribution is -1.81. The van der Waals surface area contributed by atoms with Gasteiger partial charge in [-0.1, -0.05) is 59.6 Å². The molecule has 0 fully saturated rings. The zero-order valence-electron chi connectivity index (χ0n) is 10.5. The van der Waals surface area contributed by atoms with Crippen LogP contribution in [-0.4, -0.2) is 0 Å². The van der Waals surface area contributed by atoms with Gasteiger partial charge in [0.15, 0.2) is 0 Å². The minimum atomic E-state index is 1.08. The van der Waals surface area contributed by atoms with Gasteiger partial charge in [0, 0.05) is 4.47 Å². The van der Waals surface area contributed by atoms with Gasteiger partial charge < -0.3 is 0 Å². The molecule has 0 saturated carbocycles. The molecule has 0 aliphatic heterocycles. The van der Waals surface area contributed by atoms with Gasteiger partial charge in [0.2, 0.25) is 0 Å². The smallest absolute Gasteiger partial charge is 0.0178 e. The van der Waals surface area contributed by atoms with Crippen molar-refractivity contribution in [1.29, 1.82) is 0 Å². The van der Waals surface area contributed by atoms with Crippen LogP contribution in [0.2, 0.25) is 0 Å². The first-order chi connectivity index (χ1) is 8.24. The van der Waals surface area contributed by atoms with Crippen LogP contribution in [0.1, 0.15) is 30.5 Å². The number of hydrogen-bond donors (Lipinski definition) is 0. The number of rotatable bonds is 0. The van der Waals surface area contributed by atoms with Crippen molar-refractivity contribution in [2.45, 2.75) is 27.2 Å². The van der Waals surface area contributed by atoms with Crippen molar-refractivity contribution < 1.29 is 0 Å². The maximum absolute atomic E-state index is 3.52. The zero-order valence-corrected chi connectivity index (χ0v) is 12.1. The molecule has 0 unspecified atom stereocenters. The van der Waals surface area contributed by atoms with Crippen LogP contribution in [0.3, 0.4) is 0 Å². The summed E-state index contributed by atoms with van der Waals surface area (Å²) in [6.07, 6.45) is 1.08. The van der Waals surface area contributed by atoms with Crippen molar-refractivity contribution in [3.05, 3.63) is 57.6 Å². The predicted octanol–water partition coefficient (Wildman–Crippen LogP) is 5.35. The number of benzene rings is 2. The highest BCUT2D eigenvalue weighted by molar-refractivity contribution is 9.10. The van der Waals surface area contributed by atoms with Gasteiger partial charge in [-0.15, -0.1) is 0 Å². The van der Waals surface area contributed by atoms with Gasteiger partial charge in [-0.05, 0) is 47.7 Å². The van der Waals surface area contributed by atoms with E-state index in [4.69, 9.17) is 0 Å². The molecule has 2 aromatic carbocycles. The van der Waals surface area contributed by atoms with Crippen LogP contribution in [0.15, 0.2) is 40.9 Å². The molecule has 0 nitrogen and oxygen atoms in total. The number of halogens is 1. The monoisotopic (exact) mass is 288 g/mol. The normalized spacial score (nSPS) is 11.3. The van der Waals surface area contributed by atoms with E-state index >= 15 is 0 Å². The van der Waals surface area contributed by atoms with E-state index in [1.165, 1.54) is 32.3 Å². The Morgan fingerprint density at radius 1 is 0.882 bits per heavy atom. The summed E-state index contributed by atoms with van der Waals surface area (Å²) in [7, 11) is 0. The Morgan fingerprint density at radius 2 is 1.47 bits per heavy atom. The molecule has 0 aromatic heterocycles. The van der Waals surface area contributed by atoms with Crippen LogP contribution in [0.25, 0.3) is 11.1 Å². The summed E-state index contributed by atoms with van der Waals surface area (Å²) in [5.41, 5.74) is 7.05. The maximum Gasteiger partial charge on any atom is 0.0178 e. The molecule has 0 radical (unpaired) electrons. The van der Waals surface area contributed by atoms with Crippen LogP contribution >= 0.6 is 15.9 Å². The maximum atomic E-state index is 3.52. The topological polar surface area (TPSA) is 0 Å². The second-order valence-electron chi connectivity index (χ2n) is 4.14. The first-order valence-corrected chi connectivity index (χ1v) is 6.92. The molecule has 0 heterocycles. The molecule has 3 rings (SSSR count). The lowest BCUT2D eigenvalue weighted by atomic mass is 10.0. The Hall–Kier alpha value is -1.08. The van der Waals surface area contributed by atoms with Crippen molar-refractivity contribution in [1.82, 2.24) is 0 Å². The Morgan fingerprint density at radius 3 is 2.18 bits per heavy atom. The lowest BCUT2D eigenvalue weighted by molar-refractivity contribution is 1.24. The van der Waals surface area contributed by atoms with E-state index in [0.29, 0.717) is 0 Å². The fourth-order valence-electron chi connectivity index (χ4n) is 2.31. The third-order valence-corrected chi connectivity index (χ3v) is 3.49. The van der Waals surface area contributed by atoms with E-state index in [2.05, 4.69) is 59.3 Å². The summed E-state index contributed by atoms with van der Waals surface area (Å²) >= 11 is 3.52. The molecule has 0 saturated heterocycles. The average Bonchev–Trinajstić information content (AvgIpc) is 2.67. The molecule has 1 aliphatic rings. The van der Waals surface area contributed by atoms with E-state index in [9.17, 15) is 0 Å². The first-order valence-electron chi connectivity index (χ1n) is 6.12. The van der Waals surface area contributed by atoms with Gasteiger partial charge in [-0.25, -0.2) is 0 Å². The summed E-state index contributed by atoms with van der Waals surface area (Å²) in [6, 6.07) is 13.3. The van der Waals surface area contributed by atoms with Crippen LogP contribution < -0.4 is 0 Å². The van der Waals surface area contributed by atoms with Gasteiger partial charge in [0.05, 0.1) is 0 Å². The quantitative estimate of drug-likeness (QED) is 0.523. The van der Waals surface area contributed by atoms with E-state index in [1.54, 1.807) is 0 Å². The Kier molecular flexibility index (Phi) is 3.68. The van der Waals surface area contributed by atoms with E-state index in [-0.39, 0.29) is 0 Å². The molecule has 0 amide bonds. The number of hydrogen-bond acceptors (Lipinski definition) is 0. The van der Waals surface area contributed by atoms with Crippen LogP contribution in [0.4, 0.5) is 0 Å². The lowest BCUT2D eigenvalue weighted by Gasteiger charge is -2.01. The average molecular weight is 289 g/mol. The van der Waals surface area contributed by atoms with Gasteiger partial charge >= 0.3 is 0 Å². The molecular formula is C16H17Br. The summed E-state index contributed by atoms with van der Waals surface area (Å²) < 4.78 is 1.17. The highest BCUT2D eigenvalue weighted by Gasteiger charge is 2.17. The Labute approximate surface area is 112 Å². The molecule has 1 aliphatic carbocycles. The van der Waals surface area contributed by atoms with E-state index < -0.39 is 0 Å². The van der Waals surface area contributed by atoms with Crippen LogP contribution in [0.5, 0.6) is 0 Å². The van der Waals surface area contributed by atoms with Gasteiger partial charge in [0.1, 0.15) is 0 Å². The summed E-state index contributed by atoms with van der Waals surface area (Å²) in [5.74, 6) is 0. The van der Waals surface area contributed by atoms with Crippen molar-refractivity contribution in [2.24, 2.45) is 0 Å². The minimum Gasteiger partial charge on any atom is -0.0683 e. The summed E-state index contributed by atoms with van der Waals surface area (Å²) in [5, 5.41) is 0. The number of fused-ring (bicyclic) bond motifs is 3. The largest absolute Gasteiger partial charge is 0.0683 e. The molecule has 88 valence electrons. The molecular weight excluding hydrogens is 272 g/mol. The molecule has 1 heteroatoms. The summed E-state index contributed by atoms with van der Waals surface area (Å²) in [6.45, 7) is 6.15. The molecule has 0 N–H and O–H groups in total. The highest BCUT2D eigenvalue weighted by atomic mass is 79.9. The third-order valence-electron chi connectivity index (χ3n) is 3.00. The minimum absolute atomic E-state index is 1.08. The fourth-order valence-corrected chi connectivity index (χ4v) is 2.72. The van der Waals surface area contributed by atoms with Crippen molar-refractivity contribution in [2.75, 3.05) is 0 Å². The Bertz CT molecular complexity index is 492. The third kappa shape index (κ3) is 2.30. The number of aryl methyl sites for hydroxylation is 1. The molecule has 2 aromatic rings.